The van der Waals surface area contributed by atoms with Gasteiger partial charge in [-0.3, -0.25) is 9.69 Å². The van der Waals surface area contributed by atoms with Gasteiger partial charge in [-0.05, 0) is 38.1 Å². The van der Waals surface area contributed by atoms with Gasteiger partial charge >= 0.3 is 0 Å². The molecule has 1 saturated carbocycles. The molecule has 1 saturated heterocycles. The van der Waals surface area contributed by atoms with Crippen LogP contribution in [-0.4, -0.2) is 79.1 Å². The monoisotopic (exact) mass is 563 g/mol. The highest BCUT2D eigenvalue weighted by Gasteiger charge is 2.29. The van der Waals surface area contributed by atoms with E-state index in [1.54, 1.807) is 18.3 Å². The zero-order valence-corrected chi connectivity index (χ0v) is 22.0. The number of piperazine rings is 1. The number of nitrogens with zero attached hydrogens (tertiary/aromatic N) is 3. The van der Waals surface area contributed by atoms with Crippen molar-refractivity contribution in [2.45, 2.75) is 45.1 Å². The number of halogens is 1. The normalized spacial score (nSPS) is 20.2. The van der Waals surface area contributed by atoms with Crippen molar-refractivity contribution in [1.82, 2.24) is 20.4 Å². The summed E-state index contributed by atoms with van der Waals surface area (Å²) in [6, 6.07) is 3.89. The molecule has 9 heteroatoms. The summed E-state index contributed by atoms with van der Waals surface area (Å²) in [6.07, 6.45) is 4.57. The summed E-state index contributed by atoms with van der Waals surface area (Å²) in [5, 5.41) is 19.3. The fourth-order valence-electron chi connectivity index (χ4n) is 4.19. The average Bonchev–Trinajstić information content (AvgIpc) is 3.46. The van der Waals surface area contributed by atoms with Crippen LogP contribution in [0.15, 0.2) is 22.5 Å². The maximum absolute atomic E-state index is 12.6. The average molecular weight is 564 g/mol. The largest absolute Gasteiger partial charge is 0.383 e. The van der Waals surface area contributed by atoms with Gasteiger partial charge in [0.1, 0.15) is 5.60 Å². The van der Waals surface area contributed by atoms with Crippen LogP contribution >= 0.6 is 35.3 Å². The number of aliphatic imine (C=N–C) groups is 1. The zero-order chi connectivity index (χ0) is 21.4. The van der Waals surface area contributed by atoms with Crippen molar-refractivity contribution in [3.8, 4) is 0 Å². The van der Waals surface area contributed by atoms with Crippen LogP contribution in [0.4, 0.5) is 0 Å². The highest BCUT2D eigenvalue weighted by Crippen LogP contribution is 2.27. The summed E-state index contributed by atoms with van der Waals surface area (Å²) < 4.78 is 0. The third-order valence-electron chi connectivity index (χ3n) is 6.05. The van der Waals surface area contributed by atoms with Crippen LogP contribution in [0.5, 0.6) is 0 Å². The Kier molecular flexibility index (Phi) is 11.0. The van der Waals surface area contributed by atoms with Gasteiger partial charge < -0.3 is 20.6 Å². The highest BCUT2D eigenvalue weighted by atomic mass is 127. The van der Waals surface area contributed by atoms with Crippen LogP contribution < -0.4 is 10.6 Å². The van der Waals surface area contributed by atoms with Gasteiger partial charge in [0.15, 0.2) is 5.96 Å². The van der Waals surface area contributed by atoms with Crippen LogP contribution in [-0.2, 0) is 10.4 Å². The SMILES string of the molecule is CCNC(=NCC(C)(O)c1cccs1)NCCN1CCN(C(=O)C2CCCC2)CC1.I. The van der Waals surface area contributed by atoms with Gasteiger partial charge in [0, 0.05) is 56.6 Å². The first-order valence-corrected chi connectivity index (χ1v) is 12.2. The molecule has 1 unspecified atom stereocenters. The maximum atomic E-state index is 12.6. The van der Waals surface area contributed by atoms with Gasteiger partial charge in [-0.2, -0.15) is 0 Å². The van der Waals surface area contributed by atoms with Crippen molar-refractivity contribution in [3.05, 3.63) is 22.4 Å². The Morgan fingerprint density at radius 2 is 1.97 bits per heavy atom. The fraction of sp³-hybridized carbons (Fsp3) is 0.727. The van der Waals surface area contributed by atoms with Crippen LogP contribution in [0.1, 0.15) is 44.4 Å². The molecule has 3 rings (SSSR count). The van der Waals surface area contributed by atoms with Crippen molar-refractivity contribution in [2.75, 3.05) is 52.4 Å². The predicted octanol–water partition coefficient (Wildman–Crippen LogP) is 2.46. The number of guanidine groups is 1. The number of hydrogen-bond acceptors (Lipinski definition) is 5. The molecule has 1 aromatic rings. The molecule has 0 aromatic carbocycles. The molecular formula is C22H38IN5O2S. The summed E-state index contributed by atoms with van der Waals surface area (Å²) in [5.74, 6) is 1.39. The van der Waals surface area contributed by atoms with Crippen molar-refractivity contribution < 1.29 is 9.90 Å². The van der Waals surface area contributed by atoms with E-state index in [2.05, 4.69) is 25.4 Å². The van der Waals surface area contributed by atoms with E-state index in [0.717, 1.165) is 69.5 Å². The van der Waals surface area contributed by atoms with E-state index in [-0.39, 0.29) is 29.9 Å². The Labute approximate surface area is 207 Å². The number of hydrogen-bond donors (Lipinski definition) is 3. The number of carbonyl (C=O) groups is 1. The molecule has 0 spiro atoms. The minimum absolute atomic E-state index is 0. The fourth-order valence-corrected chi connectivity index (χ4v) is 4.97. The third-order valence-corrected chi connectivity index (χ3v) is 7.17. The third kappa shape index (κ3) is 7.87. The molecule has 1 amide bonds. The quantitative estimate of drug-likeness (QED) is 0.257. The first-order valence-electron chi connectivity index (χ1n) is 11.3. The summed E-state index contributed by atoms with van der Waals surface area (Å²) >= 11 is 1.55. The first-order chi connectivity index (χ1) is 14.5. The Hall–Kier alpha value is -0.910. The lowest BCUT2D eigenvalue weighted by atomic mass is 10.1. The standard InChI is InChI=1S/C22H37N5O2S.HI/c1-3-23-21(25-17-22(2,29)19-9-6-16-30-19)24-10-11-26-12-14-27(15-13-26)20(28)18-7-4-5-8-18;/h6,9,16,18,29H,3-5,7-8,10-15,17H2,1-2H3,(H2,23,24,25);1H. The van der Waals surface area contributed by atoms with Gasteiger partial charge in [-0.1, -0.05) is 18.9 Å². The summed E-state index contributed by atoms with van der Waals surface area (Å²) in [4.78, 5) is 22.5. The second kappa shape index (κ2) is 13.0. The van der Waals surface area contributed by atoms with Crippen LogP contribution in [0, 0.1) is 5.92 Å². The van der Waals surface area contributed by atoms with Gasteiger partial charge in [-0.15, -0.1) is 35.3 Å². The van der Waals surface area contributed by atoms with Gasteiger partial charge in [0.05, 0.1) is 6.54 Å². The van der Waals surface area contributed by atoms with E-state index < -0.39 is 5.60 Å². The molecule has 1 aliphatic carbocycles. The summed E-state index contributed by atoms with van der Waals surface area (Å²) in [6.45, 7) is 10.2. The van der Waals surface area contributed by atoms with E-state index in [1.807, 2.05) is 24.4 Å². The molecule has 7 nitrogen and oxygen atoms in total. The topological polar surface area (TPSA) is 80.2 Å². The minimum atomic E-state index is -0.960. The predicted molar refractivity (Wildman–Crippen MR) is 138 cm³/mol. The molecule has 2 aliphatic rings. The van der Waals surface area contributed by atoms with Crippen molar-refractivity contribution in [1.29, 1.82) is 0 Å². The summed E-state index contributed by atoms with van der Waals surface area (Å²) in [5.41, 5.74) is -0.960. The molecule has 3 N–H and O–H groups in total. The molecule has 2 fully saturated rings. The van der Waals surface area contributed by atoms with Gasteiger partial charge in [-0.25, -0.2) is 4.99 Å². The number of thiophene rings is 1. The Bertz CT molecular complexity index is 684. The molecule has 0 bridgehead atoms. The van der Waals surface area contributed by atoms with E-state index in [9.17, 15) is 9.90 Å². The van der Waals surface area contributed by atoms with Gasteiger partial charge in [0.2, 0.25) is 5.91 Å². The Morgan fingerprint density at radius 1 is 1.26 bits per heavy atom. The van der Waals surface area contributed by atoms with E-state index in [4.69, 9.17) is 0 Å². The number of amides is 1. The van der Waals surface area contributed by atoms with Crippen LogP contribution in [0.25, 0.3) is 0 Å². The molecule has 1 aliphatic heterocycles. The smallest absolute Gasteiger partial charge is 0.225 e. The van der Waals surface area contributed by atoms with Crippen molar-refractivity contribution >= 4 is 47.2 Å². The lowest BCUT2D eigenvalue weighted by Gasteiger charge is -2.36. The molecule has 0 radical (unpaired) electrons. The highest BCUT2D eigenvalue weighted by molar-refractivity contribution is 14.0. The molecule has 1 atom stereocenters. The van der Waals surface area contributed by atoms with Crippen LogP contribution in [0.3, 0.4) is 0 Å². The molecule has 1 aromatic heterocycles. The lowest BCUT2D eigenvalue weighted by Crippen LogP contribution is -2.52. The number of nitrogens with one attached hydrogen (secondary N) is 2. The maximum Gasteiger partial charge on any atom is 0.225 e. The van der Waals surface area contributed by atoms with Crippen molar-refractivity contribution in [3.63, 3.8) is 0 Å². The van der Waals surface area contributed by atoms with E-state index in [0.29, 0.717) is 12.5 Å². The Morgan fingerprint density at radius 3 is 2.58 bits per heavy atom. The zero-order valence-electron chi connectivity index (χ0n) is 18.8. The van der Waals surface area contributed by atoms with Gasteiger partial charge in [0.25, 0.3) is 0 Å². The van der Waals surface area contributed by atoms with Crippen LogP contribution in [0.2, 0.25) is 0 Å². The lowest BCUT2D eigenvalue weighted by molar-refractivity contribution is -0.137. The number of aliphatic hydroxyl groups is 1. The number of carbonyl (C=O) groups excluding carboxylic acids is 1. The Balaban J connectivity index is 0.00000341. The first kappa shape index (κ1) is 26.3. The summed E-state index contributed by atoms with van der Waals surface area (Å²) in [7, 11) is 0. The number of rotatable bonds is 8. The molecule has 2 heterocycles. The molecule has 176 valence electrons. The van der Waals surface area contributed by atoms with E-state index in [1.165, 1.54) is 12.8 Å². The second-order valence-electron chi connectivity index (χ2n) is 8.52. The second-order valence-corrected chi connectivity index (χ2v) is 9.47. The molecule has 31 heavy (non-hydrogen) atoms. The minimum Gasteiger partial charge on any atom is -0.383 e. The molecular weight excluding hydrogens is 525 g/mol. The van der Waals surface area contributed by atoms with E-state index >= 15 is 0 Å². The van der Waals surface area contributed by atoms with Crippen molar-refractivity contribution in [2.24, 2.45) is 10.9 Å².